The van der Waals surface area contributed by atoms with Crippen LogP contribution in [0, 0.1) is 3.57 Å². The summed E-state index contributed by atoms with van der Waals surface area (Å²) in [6.45, 7) is 0. The van der Waals surface area contributed by atoms with Crippen LogP contribution < -0.4 is 0 Å². The Kier molecular flexibility index (Phi) is 3.75. The Hall–Kier alpha value is -1.04. The second-order valence-electron chi connectivity index (χ2n) is 4.35. The van der Waals surface area contributed by atoms with Crippen molar-refractivity contribution >= 4 is 62.5 Å². The highest BCUT2D eigenvalue weighted by molar-refractivity contribution is 14.1. The van der Waals surface area contributed by atoms with Crippen LogP contribution in [0.25, 0.3) is 10.9 Å². The number of H-pyrrole nitrogens is 1. The van der Waals surface area contributed by atoms with E-state index in [2.05, 4.69) is 27.6 Å². The number of benzene rings is 2. The summed E-state index contributed by atoms with van der Waals surface area (Å²) < 4.78 is 0.923. The third kappa shape index (κ3) is 2.45. The van der Waals surface area contributed by atoms with Crippen LogP contribution in [-0.2, 0) is 0 Å². The molecule has 3 aromatic rings. The maximum absolute atomic E-state index is 12.6. The van der Waals surface area contributed by atoms with E-state index in [1.165, 1.54) is 0 Å². The topological polar surface area (TPSA) is 32.9 Å². The van der Waals surface area contributed by atoms with E-state index in [0.717, 1.165) is 14.5 Å². The maximum Gasteiger partial charge on any atom is 0.195 e. The van der Waals surface area contributed by atoms with Crippen LogP contribution in [0.15, 0.2) is 42.6 Å². The molecule has 1 N–H and O–H groups in total. The number of hydrogen-bond acceptors (Lipinski definition) is 1. The Balaban J connectivity index is 2.10. The van der Waals surface area contributed by atoms with E-state index in [4.69, 9.17) is 23.2 Å². The van der Waals surface area contributed by atoms with E-state index in [0.29, 0.717) is 21.2 Å². The largest absolute Gasteiger partial charge is 0.360 e. The fourth-order valence-corrected chi connectivity index (χ4v) is 2.77. The first-order valence-corrected chi connectivity index (χ1v) is 7.66. The third-order valence-corrected chi connectivity index (χ3v) is 4.88. The molecule has 2 nitrogen and oxygen atoms in total. The summed E-state index contributed by atoms with van der Waals surface area (Å²) in [6.07, 6.45) is 1.70. The molecule has 0 atom stereocenters. The molecule has 0 aliphatic rings. The second kappa shape index (κ2) is 5.39. The van der Waals surface area contributed by atoms with Gasteiger partial charge in [-0.25, -0.2) is 0 Å². The van der Waals surface area contributed by atoms with Crippen molar-refractivity contribution in [3.8, 4) is 0 Å². The number of fused-ring (bicyclic) bond motifs is 1. The first-order valence-electron chi connectivity index (χ1n) is 5.82. The van der Waals surface area contributed by atoms with Crippen molar-refractivity contribution in [1.82, 2.24) is 4.98 Å². The van der Waals surface area contributed by atoms with Gasteiger partial charge in [-0.15, -0.1) is 0 Å². The van der Waals surface area contributed by atoms with Gasteiger partial charge in [0.05, 0.1) is 5.02 Å². The standard InChI is InChI=1S/C15H8Cl2INO/c16-9-2-3-10-11(7-19-14(10)6-9)15(20)8-1-4-13(18)12(17)5-8/h1-7,19H. The normalized spacial score (nSPS) is 10.9. The molecule has 0 amide bonds. The zero-order chi connectivity index (χ0) is 14.3. The molecule has 0 aliphatic carbocycles. The molecule has 0 saturated heterocycles. The van der Waals surface area contributed by atoms with Gasteiger partial charge in [-0.3, -0.25) is 4.79 Å². The summed E-state index contributed by atoms with van der Waals surface area (Å²) in [6, 6.07) is 10.7. The summed E-state index contributed by atoms with van der Waals surface area (Å²) in [4.78, 5) is 15.6. The van der Waals surface area contributed by atoms with Gasteiger partial charge < -0.3 is 4.98 Å². The van der Waals surface area contributed by atoms with Crippen LogP contribution in [-0.4, -0.2) is 10.8 Å². The van der Waals surface area contributed by atoms with E-state index >= 15 is 0 Å². The molecule has 100 valence electrons. The van der Waals surface area contributed by atoms with Gasteiger partial charge in [0.15, 0.2) is 5.78 Å². The van der Waals surface area contributed by atoms with E-state index < -0.39 is 0 Å². The minimum absolute atomic E-state index is 0.0585. The molecule has 0 spiro atoms. The fraction of sp³-hybridized carbons (Fsp3) is 0. The Morgan fingerprint density at radius 3 is 2.65 bits per heavy atom. The van der Waals surface area contributed by atoms with Gasteiger partial charge in [-0.2, -0.15) is 0 Å². The van der Waals surface area contributed by atoms with Crippen molar-refractivity contribution < 1.29 is 4.79 Å². The van der Waals surface area contributed by atoms with Crippen LogP contribution >= 0.6 is 45.8 Å². The fourth-order valence-electron chi connectivity index (χ4n) is 2.08. The number of halogens is 3. The molecule has 3 rings (SSSR count). The second-order valence-corrected chi connectivity index (χ2v) is 6.36. The lowest BCUT2D eigenvalue weighted by Gasteiger charge is -2.02. The number of carbonyl (C=O) groups is 1. The monoisotopic (exact) mass is 415 g/mol. The molecule has 2 aromatic carbocycles. The van der Waals surface area contributed by atoms with Gasteiger partial charge in [-0.1, -0.05) is 29.3 Å². The first kappa shape index (κ1) is 13.9. The van der Waals surface area contributed by atoms with E-state index in [1.807, 2.05) is 12.1 Å². The minimum Gasteiger partial charge on any atom is -0.360 e. The zero-order valence-corrected chi connectivity index (χ0v) is 13.8. The molecule has 0 aliphatic heterocycles. The number of aromatic amines is 1. The van der Waals surface area contributed by atoms with Crippen molar-refractivity contribution in [3.63, 3.8) is 0 Å². The van der Waals surface area contributed by atoms with Gasteiger partial charge in [0.2, 0.25) is 0 Å². The van der Waals surface area contributed by atoms with Crippen LogP contribution in [0.2, 0.25) is 10.0 Å². The lowest BCUT2D eigenvalue weighted by Crippen LogP contribution is -2.00. The molecule has 0 unspecified atom stereocenters. The van der Waals surface area contributed by atoms with Crippen molar-refractivity contribution in [2.75, 3.05) is 0 Å². The molecule has 1 aromatic heterocycles. The number of hydrogen-bond donors (Lipinski definition) is 1. The van der Waals surface area contributed by atoms with Crippen LogP contribution in [0.4, 0.5) is 0 Å². The number of aromatic nitrogens is 1. The average molecular weight is 416 g/mol. The van der Waals surface area contributed by atoms with Crippen molar-refractivity contribution in [3.05, 3.63) is 67.3 Å². The predicted molar refractivity (Wildman–Crippen MR) is 90.9 cm³/mol. The molecule has 0 radical (unpaired) electrons. The number of ketones is 1. The van der Waals surface area contributed by atoms with Gasteiger partial charge in [0.1, 0.15) is 0 Å². The predicted octanol–water partition coefficient (Wildman–Crippen LogP) is 5.31. The molecule has 5 heteroatoms. The molecule has 1 heterocycles. The first-order chi connectivity index (χ1) is 9.56. The lowest BCUT2D eigenvalue weighted by atomic mass is 10.0. The van der Waals surface area contributed by atoms with Crippen molar-refractivity contribution in [2.45, 2.75) is 0 Å². The summed E-state index contributed by atoms with van der Waals surface area (Å²) in [7, 11) is 0. The average Bonchev–Trinajstić information content (AvgIpc) is 2.84. The summed E-state index contributed by atoms with van der Waals surface area (Å²) >= 11 is 14.1. The van der Waals surface area contributed by atoms with Crippen molar-refractivity contribution in [2.24, 2.45) is 0 Å². The SMILES string of the molecule is O=C(c1ccc(I)c(Cl)c1)c1c[nH]c2cc(Cl)ccc12. The van der Waals surface area contributed by atoms with Crippen LogP contribution in [0.1, 0.15) is 15.9 Å². The van der Waals surface area contributed by atoms with E-state index in [1.54, 1.807) is 30.5 Å². The molecule has 0 saturated carbocycles. The Morgan fingerprint density at radius 1 is 1.10 bits per heavy atom. The highest BCUT2D eigenvalue weighted by atomic mass is 127. The van der Waals surface area contributed by atoms with Gasteiger partial charge in [-0.05, 0) is 52.9 Å². The Bertz CT molecular complexity index is 826. The van der Waals surface area contributed by atoms with Crippen LogP contribution in [0.3, 0.4) is 0 Å². The van der Waals surface area contributed by atoms with E-state index in [-0.39, 0.29) is 5.78 Å². The highest BCUT2D eigenvalue weighted by Crippen LogP contribution is 2.26. The Labute approximate surface area is 139 Å². The van der Waals surface area contributed by atoms with Gasteiger partial charge in [0.25, 0.3) is 0 Å². The minimum atomic E-state index is -0.0585. The lowest BCUT2D eigenvalue weighted by molar-refractivity contribution is 0.104. The highest BCUT2D eigenvalue weighted by Gasteiger charge is 2.15. The summed E-state index contributed by atoms with van der Waals surface area (Å²) in [5, 5.41) is 2.07. The Morgan fingerprint density at radius 2 is 1.90 bits per heavy atom. The number of nitrogens with one attached hydrogen (secondary N) is 1. The summed E-state index contributed by atoms with van der Waals surface area (Å²) in [5.74, 6) is -0.0585. The van der Waals surface area contributed by atoms with Gasteiger partial charge >= 0.3 is 0 Å². The number of carbonyl (C=O) groups excluding carboxylic acids is 1. The molecular formula is C15H8Cl2INO. The van der Waals surface area contributed by atoms with Crippen LogP contribution in [0.5, 0.6) is 0 Å². The third-order valence-electron chi connectivity index (χ3n) is 3.07. The quantitative estimate of drug-likeness (QED) is 0.446. The summed E-state index contributed by atoms with van der Waals surface area (Å²) in [5.41, 5.74) is 2.04. The molecule has 0 fully saturated rings. The smallest absolute Gasteiger partial charge is 0.195 e. The molecule has 20 heavy (non-hydrogen) atoms. The van der Waals surface area contributed by atoms with Gasteiger partial charge in [0, 0.05) is 36.8 Å². The molecular weight excluding hydrogens is 408 g/mol. The maximum atomic E-state index is 12.6. The zero-order valence-electron chi connectivity index (χ0n) is 10.1. The number of rotatable bonds is 2. The molecule has 0 bridgehead atoms. The van der Waals surface area contributed by atoms with Crippen molar-refractivity contribution in [1.29, 1.82) is 0 Å². The van der Waals surface area contributed by atoms with E-state index in [9.17, 15) is 4.79 Å².